The minimum Gasteiger partial charge on any atom is -0.324 e. The number of hydrogen-bond donors (Lipinski definition) is 1. The highest BCUT2D eigenvalue weighted by atomic mass is 35.5. The van der Waals surface area contributed by atoms with E-state index in [9.17, 15) is 0 Å². The van der Waals surface area contributed by atoms with E-state index in [1.54, 1.807) is 0 Å². The van der Waals surface area contributed by atoms with Crippen LogP contribution in [-0.4, -0.2) is 0 Å². The fourth-order valence-corrected chi connectivity index (χ4v) is 1.94. The molecule has 0 heterocycles. The van der Waals surface area contributed by atoms with Crippen molar-refractivity contribution in [2.75, 3.05) is 0 Å². The number of nitrogens with two attached hydrogens (primary N) is 1. The Bertz CT molecular complexity index is 366. The van der Waals surface area contributed by atoms with Crippen LogP contribution >= 0.6 is 12.4 Å². The van der Waals surface area contributed by atoms with Crippen LogP contribution in [0, 0.1) is 17.2 Å². The second-order valence-electron chi connectivity index (χ2n) is 3.92. The Hall–Kier alpha value is -1.04. The summed E-state index contributed by atoms with van der Waals surface area (Å²) < 4.78 is 0. The number of hydrogen-bond acceptors (Lipinski definition) is 2. The highest BCUT2D eigenvalue weighted by molar-refractivity contribution is 5.85. The average Bonchev–Trinajstić information content (AvgIpc) is 2.15. The molecular weight excluding hydrogens is 208 g/mol. The number of halogens is 1. The lowest BCUT2D eigenvalue weighted by Gasteiger charge is -2.31. The highest BCUT2D eigenvalue weighted by Gasteiger charge is 2.26. The molecule has 1 aliphatic carbocycles. The van der Waals surface area contributed by atoms with Gasteiger partial charge in [-0.2, -0.15) is 5.26 Å². The minimum atomic E-state index is 0. The molecule has 0 spiro atoms. The maximum Gasteiger partial charge on any atom is 0.0995 e. The van der Waals surface area contributed by atoms with Gasteiger partial charge in [0.15, 0.2) is 0 Å². The van der Waals surface area contributed by atoms with Crippen LogP contribution in [-0.2, 0) is 0 Å². The Morgan fingerprint density at radius 1 is 1.33 bits per heavy atom. The fraction of sp³-hybridized carbons (Fsp3) is 0.417. The van der Waals surface area contributed by atoms with Crippen molar-refractivity contribution in [1.82, 2.24) is 0 Å². The Labute approximate surface area is 96.5 Å². The van der Waals surface area contributed by atoms with Gasteiger partial charge >= 0.3 is 0 Å². The van der Waals surface area contributed by atoms with Crippen molar-refractivity contribution >= 4 is 12.4 Å². The van der Waals surface area contributed by atoms with Gasteiger partial charge in [0, 0.05) is 6.04 Å². The van der Waals surface area contributed by atoms with Gasteiger partial charge in [-0.3, -0.25) is 0 Å². The van der Waals surface area contributed by atoms with E-state index in [1.165, 1.54) is 19.3 Å². The largest absolute Gasteiger partial charge is 0.324 e. The normalized spacial score (nSPS) is 17.1. The average molecular weight is 223 g/mol. The molecule has 0 bridgehead atoms. The van der Waals surface area contributed by atoms with E-state index in [0.29, 0.717) is 5.92 Å². The van der Waals surface area contributed by atoms with Crippen molar-refractivity contribution in [1.29, 1.82) is 5.26 Å². The SMILES string of the molecule is Cl.N#Cc1ccccc1[C@H](N)C1CCC1. The number of nitriles is 1. The van der Waals surface area contributed by atoms with Gasteiger partial charge < -0.3 is 5.73 Å². The predicted molar refractivity (Wildman–Crippen MR) is 62.7 cm³/mol. The number of nitrogens with zero attached hydrogens (tertiary/aromatic N) is 1. The van der Waals surface area contributed by atoms with Crippen LogP contribution in [0.3, 0.4) is 0 Å². The second kappa shape index (κ2) is 5.16. The Morgan fingerprint density at radius 3 is 2.53 bits per heavy atom. The van der Waals surface area contributed by atoms with Crippen LogP contribution in [0.4, 0.5) is 0 Å². The van der Waals surface area contributed by atoms with Gasteiger partial charge in [0.1, 0.15) is 0 Å². The topological polar surface area (TPSA) is 49.8 Å². The molecule has 1 saturated carbocycles. The zero-order valence-electron chi connectivity index (χ0n) is 8.52. The third-order valence-corrected chi connectivity index (χ3v) is 3.10. The van der Waals surface area contributed by atoms with Crippen LogP contribution in [0.25, 0.3) is 0 Å². The summed E-state index contributed by atoms with van der Waals surface area (Å²) in [5.74, 6) is 0.587. The molecular formula is C12H15ClN2. The fourth-order valence-electron chi connectivity index (χ4n) is 1.94. The molecule has 80 valence electrons. The van der Waals surface area contributed by atoms with E-state index in [0.717, 1.165) is 11.1 Å². The monoisotopic (exact) mass is 222 g/mol. The van der Waals surface area contributed by atoms with E-state index in [4.69, 9.17) is 11.0 Å². The molecule has 0 saturated heterocycles. The maximum atomic E-state index is 8.93. The molecule has 2 N–H and O–H groups in total. The third-order valence-electron chi connectivity index (χ3n) is 3.10. The van der Waals surface area contributed by atoms with Crippen molar-refractivity contribution in [3.8, 4) is 6.07 Å². The van der Waals surface area contributed by atoms with Crippen LogP contribution in [0.2, 0.25) is 0 Å². The van der Waals surface area contributed by atoms with Gasteiger partial charge in [-0.25, -0.2) is 0 Å². The first-order valence-corrected chi connectivity index (χ1v) is 5.07. The molecule has 0 unspecified atom stereocenters. The van der Waals surface area contributed by atoms with E-state index in [2.05, 4.69) is 6.07 Å². The summed E-state index contributed by atoms with van der Waals surface area (Å²) in [6, 6.07) is 9.91. The smallest absolute Gasteiger partial charge is 0.0995 e. The molecule has 2 nitrogen and oxygen atoms in total. The Morgan fingerprint density at radius 2 is 2.00 bits per heavy atom. The van der Waals surface area contributed by atoms with Crippen molar-refractivity contribution in [2.24, 2.45) is 11.7 Å². The first-order valence-electron chi connectivity index (χ1n) is 5.07. The van der Waals surface area contributed by atoms with Crippen molar-refractivity contribution in [2.45, 2.75) is 25.3 Å². The molecule has 15 heavy (non-hydrogen) atoms. The zero-order chi connectivity index (χ0) is 9.97. The zero-order valence-corrected chi connectivity index (χ0v) is 9.33. The summed E-state index contributed by atoms with van der Waals surface area (Å²) in [6.07, 6.45) is 3.70. The van der Waals surface area contributed by atoms with Gasteiger partial charge in [-0.05, 0) is 30.4 Å². The molecule has 1 aliphatic rings. The van der Waals surface area contributed by atoms with Crippen molar-refractivity contribution in [3.05, 3.63) is 35.4 Å². The van der Waals surface area contributed by atoms with Gasteiger partial charge in [0.05, 0.1) is 11.6 Å². The van der Waals surface area contributed by atoms with E-state index in [1.807, 2.05) is 24.3 Å². The van der Waals surface area contributed by atoms with Gasteiger partial charge in [0.2, 0.25) is 0 Å². The summed E-state index contributed by atoms with van der Waals surface area (Å²) in [6.45, 7) is 0. The van der Waals surface area contributed by atoms with E-state index < -0.39 is 0 Å². The van der Waals surface area contributed by atoms with Crippen LogP contribution in [0.5, 0.6) is 0 Å². The van der Waals surface area contributed by atoms with Crippen LogP contribution in [0.1, 0.15) is 36.4 Å². The molecule has 0 aromatic heterocycles. The van der Waals surface area contributed by atoms with Gasteiger partial charge in [-0.15, -0.1) is 12.4 Å². The molecule has 1 fully saturated rings. The van der Waals surface area contributed by atoms with Crippen molar-refractivity contribution < 1.29 is 0 Å². The summed E-state index contributed by atoms with van der Waals surface area (Å²) >= 11 is 0. The first-order chi connectivity index (χ1) is 6.83. The Balaban J connectivity index is 0.00000112. The molecule has 0 aliphatic heterocycles. The lowest BCUT2D eigenvalue weighted by atomic mass is 9.77. The lowest BCUT2D eigenvalue weighted by molar-refractivity contribution is 0.264. The first kappa shape index (κ1) is 12.0. The van der Waals surface area contributed by atoms with E-state index >= 15 is 0 Å². The second-order valence-corrected chi connectivity index (χ2v) is 3.92. The summed E-state index contributed by atoms with van der Waals surface area (Å²) in [4.78, 5) is 0. The summed E-state index contributed by atoms with van der Waals surface area (Å²) in [5.41, 5.74) is 7.87. The third kappa shape index (κ3) is 2.31. The quantitative estimate of drug-likeness (QED) is 0.837. The minimum absolute atomic E-state index is 0. The molecule has 0 radical (unpaired) electrons. The maximum absolute atomic E-state index is 8.93. The van der Waals surface area contributed by atoms with Crippen molar-refractivity contribution in [3.63, 3.8) is 0 Å². The summed E-state index contributed by atoms with van der Waals surface area (Å²) in [7, 11) is 0. The number of benzene rings is 1. The van der Waals surface area contributed by atoms with E-state index in [-0.39, 0.29) is 18.4 Å². The molecule has 2 rings (SSSR count). The Kier molecular flexibility index (Phi) is 4.14. The number of rotatable bonds is 2. The molecule has 1 aromatic carbocycles. The highest BCUT2D eigenvalue weighted by Crippen LogP contribution is 2.36. The predicted octanol–water partition coefficient (Wildman–Crippen LogP) is 2.78. The van der Waals surface area contributed by atoms with Gasteiger partial charge in [0.25, 0.3) is 0 Å². The lowest BCUT2D eigenvalue weighted by Crippen LogP contribution is -2.27. The summed E-state index contributed by atoms with van der Waals surface area (Å²) in [5, 5.41) is 8.93. The van der Waals surface area contributed by atoms with Crippen LogP contribution < -0.4 is 5.73 Å². The van der Waals surface area contributed by atoms with Crippen LogP contribution in [0.15, 0.2) is 24.3 Å². The molecule has 1 aromatic rings. The molecule has 0 amide bonds. The molecule has 1 atom stereocenters. The standard InChI is InChI=1S/C12H14N2.ClH/c13-8-10-4-1-2-7-11(10)12(14)9-5-3-6-9;/h1-2,4,7,9,12H,3,5-6,14H2;1H/t12-;/m1./s1. The molecule has 3 heteroatoms. The van der Waals surface area contributed by atoms with Gasteiger partial charge in [-0.1, -0.05) is 24.6 Å².